The Hall–Kier alpha value is -3.45. The van der Waals surface area contributed by atoms with Gasteiger partial charge in [-0.1, -0.05) is 41.1 Å². The summed E-state index contributed by atoms with van der Waals surface area (Å²) in [5.41, 5.74) is 1.32. The molecular weight excluding hydrogens is 381 g/mol. The van der Waals surface area contributed by atoms with Gasteiger partial charge < -0.3 is 9.88 Å². The second kappa shape index (κ2) is 7.66. The Labute approximate surface area is 165 Å². The van der Waals surface area contributed by atoms with Crippen molar-refractivity contribution in [2.45, 2.75) is 6.54 Å². The number of aromatic nitrogens is 4. The Morgan fingerprint density at radius 2 is 1.86 bits per heavy atom. The molecule has 2 aromatic carbocycles. The highest BCUT2D eigenvalue weighted by atomic mass is 35.5. The van der Waals surface area contributed by atoms with E-state index in [2.05, 4.69) is 15.6 Å². The van der Waals surface area contributed by atoms with Gasteiger partial charge in [0.15, 0.2) is 11.5 Å². The maximum absolute atomic E-state index is 13.5. The van der Waals surface area contributed by atoms with E-state index in [0.29, 0.717) is 22.1 Å². The first-order valence-electron chi connectivity index (χ1n) is 8.49. The zero-order chi connectivity index (χ0) is 19.5. The summed E-state index contributed by atoms with van der Waals surface area (Å²) < 4.78 is 16.8. The highest BCUT2D eigenvalue weighted by Gasteiger charge is 2.22. The molecule has 0 saturated heterocycles. The third-order valence-corrected chi connectivity index (χ3v) is 4.45. The van der Waals surface area contributed by atoms with Crippen molar-refractivity contribution in [3.8, 4) is 5.82 Å². The second-order valence-corrected chi connectivity index (χ2v) is 6.48. The fourth-order valence-electron chi connectivity index (χ4n) is 2.85. The van der Waals surface area contributed by atoms with Crippen molar-refractivity contribution in [3.63, 3.8) is 0 Å². The summed E-state index contributed by atoms with van der Waals surface area (Å²) in [5.74, 6) is -0.307. The number of anilines is 1. The molecule has 140 valence electrons. The minimum atomic E-state index is -0.442. The van der Waals surface area contributed by atoms with Gasteiger partial charge in [-0.2, -0.15) is 0 Å². The quantitative estimate of drug-likeness (QED) is 0.551. The summed E-state index contributed by atoms with van der Waals surface area (Å²) >= 11 is 6.13. The van der Waals surface area contributed by atoms with Crippen molar-refractivity contribution in [1.82, 2.24) is 19.6 Å². The maximum atomic E-state index is 13.5. The molecule has 0 saturated carbocycles. The highest BCUT2D eigenvalue weighted by Crippen LogP contribution is 2.22. The van der Waals surface area contributed by atoms with Crippen LogP contribution in [0.15, 0.2) is 73.1 Å². The number of nitrogens with one attached hydrogen (secondary N) is 1. The predicted octanol–water partition coefficient (Wildman–Crippen LogP) is 4.16. The van der Waals surface area contributed by atoms with Gasteiger partial charge in [0.25, 0.3) is 5.91 Å². The normalized spacial score (nSPS) is 10.8. The smallest absolute Gasteiger partial charge is 0.280 e. The average Bonchev–Trinajstić information content (AvgIpc) is 3.33. The van der Waals surface area contributed by atoms with E-state index < -0.39 is 5.91 Å². The molecule has 0 fully saturated rings. The average molecular weight is 396 g/mol. The monoisotopic (exact) mass is 395 g/mol. The Morgan fingerprint density at radius 3 is 2.61 bits per heavy atom. The fourth-order valence-corrected chi connectivity index (χ4v) is 3.03. The van der Waals surface area contributed by atoms with Gasteiger partial charge in [0.05, 0.1) is 17.3 Å². The number of rotatable bonds is 5. The molecule has 4 aromatic rings. The van der Waals surface area contributed by atoms with E-state index in [1.54, 1.807) is 58.0 Å². The number of nitrogens with zero attached hydrogens (tertiary/aromatic N) is 4. The van der Waals surface area contributed by atoms with Crippen molar-refractivity contribution >= 4 is 23.2 Å². The van der Waals surface area contributed by atoms with Crippen molar-refractivity contribution in [2.75, 3.05) is 5.32 Å². The topological polar surface area (TPSA) is 64.7 Å². The molecule has 2 aromatic heterocycles. The fraction of sp³-hybridized carbons (Fsp3) is 0.0500. The summed E-state index contributed by atoms with van der Waals surface area (Å²) in [4.78, 5) is 12.8. The molecule has 28 heavy (non-hydrogen) atoms. The molecule has 0 bridgehead atoms. The van der Waals surface area contributed by atoms with E-state index in [0.717, 1.165) is 0 Å². The number of benzene rings is 2. The first-order chi connectivity index (χ1) is 13.6. The second-order valence-electron chi connectivity index (χ2n) is 6.07. The SMILES string of the molecule is O=C(Nc1ccccc1Cl)c1nnn(Cc2cccc(F)c2)c1-n1cccc1. The van der Waals surface area contributed by atoms with Gasteiger partial charge in [-0.05, 0) is 42.0 Å². The predicted molar refractivity (Wildman–Crippen MR) is 104 cm³/mol. The molecule has 4 rings (SSSR count). The van der Waals surface area contributed by atoms with E-state index in [-0.39, 0.29) is 18.1 Å². The van der Waals surface area contributed by atoms with Crippen LogP contribution in [0.4, 0.5) is 10.1 Å². The van der Waals surface area contributed by atoms with Crippen LogP contribution in [0.2, 0.25) is 5.02 Å². The number of hydrogen-bond acceptors (Lipinski definition) is 3. The number of para-hydroxylation sites is 1. The van der Waals surface area contributed by atoms with E-state index in [1.807, 2.05) is 12.1 Å². The van der Waals surface area contributed by atoms with Crippen molar-refractivity contribution in [1.29, 1.82) is 0 Å². The zero-order valence-electron chi connectivity index (χ0n) is 14.6. The first kappa shape index (κ1) is 17.9. The lowest BCUT2D eigenvalue weighted by Gasteiger charge is -2.10. The van der Waals surface area contributed by atoms with Crippen LogP contribution in [0.25, 0.3) is 5.82 Å². The molecule has 8 heteroatoms. The number of hydrogen-bond donors (Lipinski definition) is 1. The summed E-state index contributed by atoms with van der Waals surface area (Å²) in [6.07, 6.45) is 3.57. The zero-order valence-corrected chi connectivity index (χ0v) is 15.3. The Morgan fingerprint density at radius 1 is 1.07 bits per heavy atom. The summed E-state index contributed by atoms with van der Waals surface area (Å²) in [6, 6.07) is 16.8. The lowest BCUT2D eigenvalue weighted by Crippen LogP contribution is -2.17. The van der Waals surface area contributed by atoms with Crippen molar-refractivity contribution in [2.24, 2.45) is 0 Å². The van der Waals surface area contributed by atoms with Crippen LogP contribution < -0.4 is 5.32 Å². The van der Waals surface area contributed by atoms with Crippen molar-refractivity contribution in [3.05, 3.63) is 95.2 Å². The van der Waals surface area contributed by atoms with Crippen LogP contribution in [-0.4, -0.2) is 25.5 Å². The molecule has 0 unspecified atom stereocenters. The molecule has 0 spiro atoms. The molecule has 0 radical (unpaired) electrons. The minimum absolute atomic E-state index is 0.132. The molecule has 0 aliphatic heterocycles. The first-order valence-corrected chi connectivity index (χ1v) is 8.87. The minimum Gasteiger partial charge on any atom is -0.319 e. The van der Waals surface area contributed by atoms with Gasteiger partial charge in [-0.3, -0.25) is 4.79 Å². The molecule has 1 amide bonds. The van der Waals surface area contributed by atoms with E-state index in [1.165, 1.54) is 12.1 Å². The van der Waals surface area contributed by atoms with Crippen LogP contribution in [-0.2, 0) is 6.54 Å². The summed E-state index contributed by atoms with van der Waals surface area (Å²) in [5, 5.41) is 11.3. The van der Waals surface area contributed by atoms with E-state index in [4.69, 9.17) is 11.6 Å². The van der Waals surface area contributed by atoms with Gasteiger partial charge in [0.2, 0.25) is 0 Å². The van der Waals surface area contributed by atoms with Crippen LogP contribution in [0.5, 0.6) is 0 Å². The maximum Gasteiger partial charge on any atom is 0.280 e. The summed E-state index contributed by atoms with van der Waals surface area (Å²) in [6.45, 7) is 0.262. The molecule has 2 heterocycles. The van der Waals surface area contributed by atoms with Gasteiger partial charge >= 0.3 is 0 Å². The molecular formula is C20H15ClFN5O. The lowest BCUT2D eigenvalue weighted by molar-refractivity contribution is 0.102. The Kier molecular flexibility index (Phi) is 4.90. The largest absolute Gasteiger partial charge is 0.319 e. The number of carbonyl (C=O) groups excluding carboxylic acids is 1. The van der Waals surface area contributed by atoms with Crippen LogP contribution in [0.3, 0.4) is 0 Å². The van der Waals surface area contributed by atoms with E-state index in [9.17, 15) is 9.18 Å². The number of halogens is 2. The highest BCUT2D eigenvalue weighted by molar-refractivity contribution is 6.33. The Balaban J connectivity index is 1.71. The van der Waals surface area contributed by atoms with Crippen LogP contribution in [0.1, 0.15) is 16.1 Å². The van der Waals surface area contributed by atoms with Gasteiger partial charge in [-0.15, -0.1) is 5.10 Å². The van der Waals surface area contributed by atoms with Crippen LogP contribution >= 0.6 is 11.6 Å². The Bertz CT molecular complexity index is 1120. The molecule has 0 aliphatic carbocycles. The van der Waals surface area contributed by atoms with Crippen molar-refractivity contribution < 1.29 is 9.18 Å². The number of carbonyl (C=O) groups is 1. The standard InChI is InChI=1S/C20H15ClFN5O/c21-16-8-1-2-9-17(16)23-19(28)18-20(26-10-3-4-11-26)27(25-24-18)13-14-6-5-7-15(22)12-14/h1-12H,13H2,(H,23,28). The third kappa shape index (κ3) is 3.65. The summed E-state index contributed by atoms with van der Waals surface area (Å²) in [7, 11) is 0. The lowest BCUT2D eigenvalue weighted by atomic mass is 10.2. The number of amides is 1. The van der Waals surface area contributed by atoms with Gasteiger partial charge in [0.1, 0.15) is 5.82 Å². The van der Waals surface area contributed by atoms with Crippen LogP contribution in [0, 0.1) is 5.82 Å². The molecule has 1 N–H and O–H groups in total. The van der Waals surface area contributed by atoms with Gasteiger partial charge in [0, 0.05) is 12.4 Å². The van der Waals surface area contributed by atoms with E-state index >= 15 is 0 Å². The molecule has 0 aliphatic rings. The third-order valence-electron chi connectivity index (χ3n) is 4.12. The molecule has 6 nitrogen and oxygen atoms in total. The van der Waals surface area contributed by atoms with Gasteiger partial charge in [-0.25, -0.2) is 9.07 Å². The molecule has 0 atom stereocenters.